The van der Waals surface area contributed by atoms with Crippen molar-refractivity contribution in [2.75, 3.05) is 0 Å². The van der Waals surface area contributed by atoms with Gasteiger partial charge in [-0.3, -0.25) is 0 Å². The molecule has 0 fully saturated rings. The van der Waals surface area contributed by atoms with Crippen LogP contribution in [-0.2, 0) is 6.81 Å². The summed E-state index contributed by atoms with van der Waals surface area (Å²) in [6.45, 7) is -5.33. The third-order valence-corrected chi connectivity index (χ3v) is 0. The minimum absolute atomic E-state index is 0. The Morgan fingerprint density at radius 2 is 0.500 bits per heavy atom. The normalized spacial score (nSPS) is 16.2. The van der Waals surface area contributed by atoms with E-state index in [1.165, 1.54) is 0 Å². The van der Waals surface area contributed by atoms with Crippen molar-refractivity contribution < 1.29 is 161 Å². The van der Waals surface area contributed by atoms with Crippen molar-refractivity contribution in [3.05, 3.63) is 0 Å². The maximum atomic E-state index is 5.06. The Morgan fingerprint density at radius 1 is 0.500 bits per heavy atom. The molecule has 0 amide bonds. The predicted molar refractivity (Wildman–Crippen MR) is 35.1 cm³/mol. The van der Waals surface area contributed by atoms with Gasteiger partial charge in [-0.05, 0) is 0 Å². The van der Waals surface area contributed by atoms with E-state index < -0.39 is 6.81 Å². The van der Waals surface area contributed by atoms with Gasteiger partial charge < -0.3 is 0 Å². The summed E-state index contributed by atoms with van der Waals surface area (Å²) >= 11 is 0. The third-order valence-electron chi connectivity index (χ3n) is 0. The zero-order valence-electron chi connectivity index (χ0n) is 5.60. The van der Waals surface area contributed by atoms with Gasteiger partial charge in [-0.1, -0.05) is 0 Å². The second kappa shape index (κ2) is 7.67. The van der Waals surface area contributed by atoms with Crippen LogP contribution in [0.25, 0.3) is 0 Å². The minimum Gasteiger partial charge on any atom is 1.00 e. The van der Waals surface area contributed by atoms with Gasteiger partial charge in [0.05, 0.1) is 0 Å². The van der Waals surface area contributed by atoms with E-state index in [0.717, 1.165) is 0 Å². The molecule has 0 unspecified atom stereocenters. The molecule has 0 saturated heterocycles. The molecule has 0 heterocycles. The van der Waals surface area contributed by atoms with E-state index in [9.17, 15) is 0 Å². The molecule has 0 bridgehead atoms. The van der Waals surface area contributed by atoms with Gasteiger partial charge in [0.2, 0.25) is 0 Å². The van der Waals surface area contributed by atoms with Crippen molar-refractivity contribution in [3.8, 4) is 0 Å². The van der Waals surface area contributed by atoms with Crippen molar-refractivity contribution in [1.29, 1.82) is 0 Å². The van der Waals surface area contributed by atoms with Crippen LogP contribution < -0.4 is 154 Å². The van der Waals surface area contributed by atoms with Gasteiger partial charge in [-0.2, -0.15) is 0 Å². The van der Waals surface area contributed by atoms with Gasteiger partial charge in [0.25, 0.3) is 0 Å². The van der Waals surface area contributed by atoms with Crippen LogP contribution in [0.15, 0.2) is 0 Å². The molecular formula is Cl6IrK3+. The Morgan fingerprint density at radius 3 is 0.500 bits per heavy atom. The van der Waals surface area contributed by atoms with Crippen LogP contribution in [0.1, 0.15) is 0 Å². The van der Waals surface area contributed by atoms with Crippen LogP contribution in [0.4, 0.5) is 0 Å². The summed E-state index contributed by atoms with van der Waals surface area (Å²) in [6.07, 6.45) is 0. The molecule has 0 aliphatic carbocycles. The van der Waals surface area contributed by atoms with Crippen LogP contribution in [-0.4, -0.2) is 0 Å². The molecule has 0 aromatic rings. The van der Waals surface area contributed by atoms with Crippen LogP contribution in [0, 0.1) is 0 Å². The largest absolute Gasteiger partial charge is 1.00 e. The Labute approximate surface area is 210 Å². The van der Waals surface area contributed by atoms with Crippen LogP contribution in [0.5, 0.6) is 0 Å². The third kappa shape index (κ3) is 58.7. The molecular weight excluding hydrogens is 522 g/mol. The Kier molecular flexibility index (Phi) is 19.9. The average Bonchev–Trinajstić information content (AvgIpc) is 0.592. The predicted octanol–water partition coefficient (Wildman–Crippen LogP) is -4.85. The summed E-state index contributed by atoms with van der Waals surface area (Å²) in [5.74, 6) is 0. The first-order valence-corrected chi connectivity index (χ1v) is 18.6. The molecule has 0 aliphatic rings. The smallest absolute Gasteiger partial charge is 1.00 e. The first-order valence-electron chi connectivity index (χ1n) is 0.756. The van der Waals surface area contributed by atoms with Gasteiger partial charge in [-0.15, -0.1) is 0 Å². The Balaban J connectivity index is -0.0000000600. The monoisotopic (exact) mass is 520 g/mol. The number of halogens is 6. The average molecular weight is 522 g/mol. The second-order valence-electron chi connectivity index (χ2n) is 0.714. The number of hydrogen-bond donors (Lipinski definition) is 0. The van der Waals surface area contributed by atoms with Crippen molar-refractivity contribution in [2.24, 2.45) is 0 Å². The van der Waals surface area contributed by atoms with E-state index in [-0.39, 0.29) is 154 Å². The molecule has 10 heavy (non-hydrogen) atoms. The SMILES string of the molecule is [Cl][Ir-2]([Cl])([Cl])([Cl])([Cl])[Cl].[K+].[K+].[K+]. The molecule has 0 N–H and O–H groups in total. The van der Waals surface area contributed by atoms with Gasteiger partial charge in [0.15, 0.2) is 0 Å². The van der Waals surface area contributed by atoms with Crippen molar-refractivity contribution >= 4 is 57.5 Å². The molecule has 0 aliphatic heterocycles. The molecule has 0 rings (SSSR count). The van der Waals surface area contributed by atoms with Crippen molar-refractivity contribution in [2.45, 2.75) is 0 Å². The molecule has 0 spiro atoms. The summed E-state index contributed by atoms with van der Waals surface area (Å²) < 4.78 is 0. The molecule has 0 nitrogen and oxygen atoms in total. The number of hydrogen-bond acceptors (Lipinski definition) is 0. The maximum absolute atomic E-state index is 5.33. The second-order valence-corrected chi connectivity index (χ2v) is 52.6. The molecule has 10 heteroatoms. The Bertz CT molecular complexity index is 71.6. The fourth-order valence-corrected chi connectivity index (χ4v) is 0. The van der Waals surface area contributed by atoms with Crippen molar-refractivity contribution in [1.82, 2.24) is 0 Å². The Hall–Kier alpha value is 7.30. The van der Waals surface area contributed by atoms with Crippen molar-refractivity contribution in [3.63, 3.8) is 0 Å². The topological polar surface area (TPSA) is 0 Å². The molecule has 53 valence electrons. The van der Waals surface area contributed by atoms with Gasteiger partial charge in [-0.25, -0.2) is 0 Å². The van der Waals surface area contributed by atoms with Gasteiger partial charge in [0, 0.05) is 0 Å². The fraction of sp³-hybridized carbons (Fsp3) is 0. The van der Waals surface area contributed by atoms with Gasteiger partial charge >= 0.3 is 218 Å². The zero-order valence-corrected chi connectivity index (χ0v) is 21.9. The quantitative estimate of drug-likeness (QED) is 0.281. The minimum atomic E-state index is -5.33. The van der Waals surface area contributed by atoms with E-state index >= 15 is 0 Å². The maximum Gasteiger partial charge on any atom is 1.00 e. The molecule has 0 radical (unpaired) electrons. The van der Waals surface area contributed by atoms with E-state index in [2.05, 4.69) is 0 Å². The molecule has 0 saturated carbocycles. The summed E-state index contributed by atoms with van der Waals surface area (Å²) in [5, 5.41) is 0. The zero-order chi connectivity index (χ0) is 6.41. The van der Waals surface area contributed by atoms with E-state index in [4.69, 9.17) is 57.5 Å². The molecule has 0 atom stereocenters. The molecule has 0 aromatic carbocycles. The summed E-state index contributed by atoms with van der Waals surface area (Å²) in [7, 11) is 30.3. The summed E-state index contributed by atoms with van der Waals surface area (Å²) in [6, 6.07) is 0. The van der Waals surface area contributed by atoms with E-state index in [0.29, 0.717) is 0 Å². The fourth-order valence-electron chi connectivity index (χ4n) is 0. The molecule has 0 aromatic heterocycles. The van der Waals surface area contributed by atoms with Crippen LogP contribution in [0.3, 0.4) is 0 Å². The van der Waals surface area contributed by atoms with Crippen LogP contribution >= 0.6 is 57.5 Å². The summed E-state index contributed by atoms with van der Waals surface area (Å²) in [5.41, 5.74) is 0. The van der Waals surface area contributed by atoms with E-state index in [1.807, 2.05) is 0 Å². The van der Waals surface area contributed by atoms with Crippen LogP contribution in [0.2, 0.25) is 0 Å². The summed E-state index contributed by atoms with van der Waals surface area (Å²) in [4.78, 5) is 0. The van der Waals surface area contributed by atoms with E-state index in [1.54, 1.807) is 0 Å². The standard InChI is InChI=1S/6ClH.Ir.3K/h6*1H;;;;/q;;;;;;+4;3*+1/p-6. The first kappa shape index (κ1) is 26.0. The number of rotatable bonds is 0. The van der Waals surface area contributed by atoms with Gasteiger partial charge in [0.1, 0.15) is 0 Å². The first-order chi connectivity index (χ1) is 2.45.